The van der Waals surface area contributed by atoms with E-state index in [0.717, 1.165) is 6.07 Å². The highest BCUT2D eigenvalue weighted by Crippen LogP contribution is 2.08. The van der Waals surface area contributed by atoms with Crippen LogP contribution >= 0.6 is 12.4 Å². The van der Waals surface area contributed by atoms with Crippen molar-refractivity contribution in [3.05, 3.63) is 35.4 Å². The monoisotopic (exact) mass is 292 g/mol. The molecule has 0 aliphatic rings. The average molecular weight is 293 g/mol. The molecular weight excluding hydrogens is 274 g/mol. The lowest BCUT2D eigenvalue weighted by Gasteiger charge is -2.11. The Bertz CT molecular complexity index is 395. The number of hydrogen-bond acceptors (Lipinski definition) is 2. The van der Waals surface area contributed by atoms with Gasteiger partial charge in [0.1, 0.15) is 11.6 Å². The topological polar surface area (TPSA) is 41.1 Å². The normalized spacial score (nSPS) is 11.6. The first-order valence-electron chi connectivity index (χ1n) is 5.90. The van der Waals surface area contributed by atoms with Crippen molar-refractivity contribution in [3.63, 3.8) is 0 Å². The molecule has 0 saturated heterocycles. The van der Waals surface area contributed by atoms with Gasteiger partial charge in [0, 0.05) is 25.1 Å². The minimum absolute atomic E-state index is 0. The van der Waals surface area contributed by atoms with Crippen molar-refractivity contribution in [2.24, 2.45) is 5.92 Å². The average Bonchev–Trinajstić information content (AvgIpc) is 2.27. The minimum Gasteiger partial charge on any atom is -0.355 e. The third-order valence-corrected chi connectivity index (χ3v) is 2.59. The van der Waals surface area contributed by atoms with Crippen molar-refractivity contribution in [2.45, 2.75) is 13.3 Å². The highest BCUT2D eigenvalue weighted by atomic mass is 35.5. The van der Waals surface area contributed by atoms with Crippen LogP contribution in [0.15, 0.2) is 18.2 Å². The first-order valence-corrected chi connectivity index (χ1v) is 5.90. The van der Waals surface area contributed by atoms with Crippen LogP contribution in [0.5, 0.6) is 0 Å². The summed E-state index contributed by atoms with van der Waals surface area (Å²) in [6.45, 7) is 2.78. The molecule has 0 saturated carbocycles. The van der Waals surface area contributed by atoms with Gasteiger partial charge in [-0.25, -0.2) is 8.78 Å². The molecule has 3 nitrogen and oxygen atoms in total. The summed E-state index contributed by atoms with van der Waals surface area (Å²) in [5, 5.41) is 5.64. The second-order valence-corrected chi connectivity index (χ2v) is 4.28. The number of amides is 1. The second-order valence-electron chi connectivity index (χ2n) is 4.28. The van der Waals surface area contributed by atoms with E-state index in [1.54, 1.807) is 7.05 Å². The smallest absolute Gasteiger partial charge is 0.224 e. The lowest BCUT2D eigenvalue weighted by atomic mass is 10.1. The van der Waals surface area contributed by atoms with Crippen LogP contribution in [0, 0.1) is 17.6 Å². The predicted octanol–water partition coefficient (Wildman–Crippen LogP) is 1.90. The largest absolute Gasteiger partial charge is 0.355 e. The molecule has 0 fully saturated rings. The molecule has 1 unspecified atom stereocenters. The standard InChI is InChI=1S/C13H18F2N2O.ClH/c1-9(8-16-2)13(18)17-4-3-10-5-11(14)7-12(15)6-10;/h5-7,9,16H,3-4,8H2,1-2H3,(H,17,18);1H. The Morgan fingerprint density at radius 1 is 1.26 bits per heavy atom. The first-order chi connectivity index (χ1) is 8.52. The maximum absolute atomic E-state index is 12.9. The van der Waals surface area contributed by atoms with Crippen LogP contribution in [-0.4, -0.2) is 26.0 Å². The molecule has 1 atom stereocenters. The molecule has 1 aromatic carbocycles. The van der Waals surface area contributed by atoms with Crippen LogP contribution < -0.4 is 10.6 Å². The molecule has 0 spiro atoms. The summed E-state index contributed by atoms with van der Waals surface area (Å²) in [5.41, 5.74) is 0.536. The first kappa shape index (κ1) is 17.8. The number of carbonyl (C=O) groups is 1. The maximum Gasteiger partial charge on any atom is 0.224 e. The number of halogens is 3. The lowest BCUT2D eigenvalue weighted by Crippen LogP contribution is -2.35. The zero-order valence-electron chi connectivity index (χ0n) is 11.0. The van der Waals surface area contributed by atoms with Gasteiger partial charge in [0.15, 0.2) is 0 Å². The van der Waals surface area contributed by atoms with Gasteiger partial charge in [-0.05, 0) is 31.2 Å². The van der Waals surface area contributed by atoms with Gasteiger partial charge >= 0.3 is 0 Å². The third-order valence-electron chi connectivity index (χ3n) is 2.59. The fraction of sp³-hybridized carbons (Fsp3) is 0.462. The summed E-state index contributed by atoms with van der Waals surface area (Å²) < 4.78 is 25.8. The van der Waals surface area contributed by atoms with E-state index in [1.165, 1.54) is 12.1 Å². The molecule has 1 rings (SSSR count). The molecule has 0 heterocycles. The summed E-state index contributed by atoms with van der Waals surface area (Å²) in [5.74, 6) is -1.39. The van der Waals surface area contributed by atoms with E-state index in [0.29, 0.717) is 25.1 Å². The van der Waals surface area contributed by atoms with Crippen molar-refractivity contribution in [2.75, 3.05) is 20.1 Å². The van der Waals surface area contributed by atoms with Crippen molar-refractivity contribution in [1.29, 1.82) is 0 Å². The Labute approximate surface area is 118 Å². The molecule has 2 N–H and O–H groups in total. The van der Waals surface area contributed by atoms with Crippen molar-refractivity contribution >= 4 is 18.3 Å². The maximum atomic E-state index is 12.9. The van der Waals surface area contributed by atoms with Gasteiger partial charge in [-0.1, -0.05) is 6.92 Å². The highest BCUT2D eigenvalue weighted by molar-refractivity contribution is 5.85. The number of carbonyl (C=O) groups excluding carboxylic acids is 1. The van der Waals surface area contributed by atoms with Gasteiger partial charge in [0.2, 0.25) is 5.91 Å². The SMILES string of the molecule is CNCC(C)C(=O)NCCc1cc(F)cc(F)c1.Cl. The van der Waals surface area contributed by atoms with Crippen molar-refractivity contribution < 1.29 is 13.6 Å². The van der Waals surface area contributed by atoms with E-state index in [-0.39, 0.29) is 24.2 Å². The van der Waals surface area contributed by atoms with E-state index in [2.05, 4.69) is 10.6 Å². The second kappa shape index (κ2) is 8.82. The highest BCUT2D eigenvalue weighted by Gasteiger charge is 2.10. The minimum atomic E-state index is -0.597. The molecule has 1 amide bonds. The fourth-order valence-corrected chi connectivity index (χ4v) is 1.66. The lowest BCUT2D eigenvalue weighted by molar-refractivity contribution is -0.124. The van der Waals surface area contributed by atoms with Gasteiger partial charge in [0.25, 0.3) is 0 Å². The molecule has 0 bridgehead atoms. The van der Waals surface area contributed by atoms with E-state index >= 15 is 0 Å². The molecule has 0 radical (unpaired) electrons. The van der Waals surface area contributed by atoms with Crippen LogP contribution in [-0.2, 0) is 11.2 Å². The van der Waals surface area contributed by atoms with E-state index in [4.69, 9.17) is 0 Å². The van der Waals surface area contributed by atoms with Gasteiger partial charge < -0.3 is 10.6 Å². The van der Waals surface area contributed by atoms with Crippen LogP contribution in [0.25, 0.3) is 0 Å². The van der Waals surface area contributed by atoms with E-state index in [9.17, 15) is 13.6 Å². The Kier molecular flexibility index (Phi) is 8.27. The molecule has 0 aromatic heterocycles. The molecule has 6 heteroatoms. The zero-order chi connectivity index (χ0) is 13.5. The van der Waals surface area contributed by atoms with Crippen LogP contribution in [0.1, 0.15) is 12.5 Å². The molecule has 108 valence electrons. The molecular formula is C13H19ClF2N2O. The van der Waals surface area contributed by atoms with E-state index < -0.39 is 11.6 Å². The molecule has 1 aromatic rings. The van der Waals surface area contributed by atoms with Crippen LogP contribution in [0.4, 0.5) is 8.78 Å². The predicted molar refractivity (Wildman–Crippen MR) is 73.4 cm³/mol. The number of nitrogens with one attached hydrogen (secondary N) is 2. The van der Waals surface area contributed by atoms with Crippen molar-refractivity contribution in [1.82, 2.24) is 10.6 Å². The summed E-state index contributed by atoms with van der Waals surface area (Å²) in [4.78, 5) is 11.6. The van der Waals surface area contributed by atoms with Crippen LogP contribution in [0.2, 0.25) is 0 Å². The summed E-state index contributed by atoms with van der Waals surface area (Å²) in [7, 11) is 1.78. The van der Waals surface area contributed by atoms with Crippen LogP contribution in [0.3, 0.4) is 0 Å². The number of hydrogen-bond donors (Lipinski definition) is 2. The van der Waals surface area contributed by atoms with Crippen molar-refractivity contribution in [3.8, 4) is 0 Å². The third kappa shape index (κ3) is 6.50. The van der Waals surface area contributed by atoms with Gasteiger partial charge in [0.05, 0.1) is 0 Å². The molecule has 0 aliphatic heterocycles. The fourth-order valence-electron chi connectivity index (χ4n) is 1.66. The Hall–Kier alpha value is -1.20. The molecule has 19 heavy (non-hydrogen) atoms. The Balaban J connectivity index is 0.00000324. The quantitative estimate of drug-likeness (QED) is 0.841. The van der Waals surface area contributed by atoms with Gasteiger partial charge in [-0.2, -0.15) is 0 Å². The molecule has 0 aliphatic carbocycles. The number of rotatable bonds is 6. The Morgan fingerprint density at radius 2 is 1.84 bits per heavy atom. The van der Waals surface area contributed by atoms with Gasteiger partial charge in [-0.3, -0.25) is 4.79 Å². The van der Waals surface area contributed by atoms with Gasteiger partial charge in [-0.15, -0.1) is 12.4 Å². The Morgan fingerprint density at radius 3 is 2.37 bits per heavy atom. The number of benzene rings is 1. The summed E-state index contributed by atoms with van der Waals surface area (Å²) in [6.07, 6.45) is 0.409. The summed E-state index contributed by atoms with van der Waals surface area (Å²) in [6, 6.07) is 3.37. The summed E-state index contributed by atoms with van der Waals surface area (Å²) >= 11 is 0. The zero-order valence-corrected chi connectivity index (χ0v) is 11.8. The van der Waals surface area contributed by atoms with E-state index in [1.807, 2.05) is 6.92 Å².